The van der Waals surface area contributed by atoms with Gasteiger partial charge in [-0.05, 0) is 25.0 Å². The minimum Gasteiger partial charge on any atom is -0.382 e. The average Bonchev–Trinajstić information content (AvgIpc) is 2.76. The number of rotatable bonds is 3. The molecule has 5 heteroatoms. The number of nitro benzene ring substituents is 1. The molecule has 1 fully saturated rings. The first-order valence-corrected chi connectivity index (χ1v) is 7.53. The molecule has 1 aromatic heterocycles. The van der Waals surface area contributed by atoms with Gasteiger partial charge in [0.25, 0.3) is 5.69 Å². The summed E-state index contributed by atoms with van der Waals surface area (Å²) in [5, 5.41) is 16.2. The molecule has 0 radical (unpaired) electrons. The van der Waals surface area contributed by atoms with Crippen LogP contribution in [-0.4, -0.2) is 15.9 Å². The molecule has 0 spiro atoms. The van der Waals surface area contributed by atoms with Gasteiger partial charge < -0.3 is 5.32 Å². The van der Waals surface area contributed by atoms with Crippen molar-refractivity contribution in [2.24, 2.45) is 0 Å². The zero-order valence-corrected chi connectivity index (χ0v) is 11.9. The van der Waals surface area contributed by atoms with E-state index in [1.165, 1.54) is 38.5 Å². The van der Waals surface area contributed by atoms with Crippen molar-refractivity contribution in [3.05, 3.63) is 40.7 Å². The Hall–Kier alpha value is -2.17. The smallest absolute Gasteiger partial charge is 0.277 e. The number of anilines is 1. The van der Waals surface area contributed by atoms with E-state index in [4.69, 9.17) is 0 Å². The normalized spacial score (nSPS) is 16.6. The highest BCUT2D eigenvalue weighted by Gasteiger charge is 2.17. The van der Waals surface area contributed by atoms with E-state index < -0.39 is 0 Å². The second-order valence-corrected chi connectivity index (χ2v) is 5.64. The Labute approximate surface area is 123 Å². The number of aromatic nitrogens is 1. The molecule has 21 heavy (non-hydrogen) atoms. The van der Waals surface area contributed by atoms with Gasteiger partial charge in [0.05, 0.1) is 10.3 Å². The molecule has 0 amide bonds. The van der Waals surface area contributed by atoms with Gasteiger partial charge >= 0.3 is 0 Å². The average molecular weight is 285 g/mol. The highest BCUT2D eigenvalue weighted by atomic mass is 16.6. The topological polar surface area (TPSA) is 68.1 Å². The number of hydrogen-bond acceptors (Lipinski definition) is 4. The van der Waals surface area contributed by atoms with Gasteiger partial charge in [-0.15, -0.1) is 0 Å². The van der Waals surface area contributed by atoms with Crippen molar-refractivity contribution in [2.75, 3.05) is 5.32 Å². The minimum atomic E-state index is -0.336. The Morgan fingerprint density at radius 1 is 1.10 bits per heavy atom. The zero-order valence-electron chi connectivity index (χ0n) is 11.9. The highest BCUT2D eigenvalue weighted by molar-refractivity contribution is 5.99. The van der Waals surface area contributed by atoms with E-state index >= 15 is 0 Å². The van der Waals surface area contributed by atoms with E-state index in [2.05, 4.69) is 10.3 Å². The van der Waals surface area contributed by atoms with Gasteiger partial charge in [-0.3, -0.25) is 15.1 Å². The van der Waals surface area contributed by atoms with Gasteiger partial charge in [0.1, 0.15) is 0 Å². The van der Waals surface area contributed by atoms with Crippen LogP contribution in [0.5, 0.6) is 0 Å². The molecule has 110 valence electrons. The van der Waals surface area contributed by atoms with E-state index in [0.29, 0.717) is 11.4 Å². The van der Waals surface area contributed by atoms with Crippen LogP contribution in [0.2, 0.25) is 0 Å². The number of benzene rings is 1. The molecule has 1 aliphatic rings. The van der Waals surface area contributed by atoms with Crippen LogP contribution in [0.4, 0.5) is 11.4 Å². The number of fused-ring (bicyclic) bond motifs is 1. The number of pyridine rings is 1. The second kappa shape index (κ2) is 6.08. The summed E-state index contributed by atoms with van der Waals surface area (Å²) in [4.78, 5) is 14.9. The Kier molecular flexibility index (Phi) is 3.99. The van der Waals surface area contributed by atoms with Gasteiger partial charge in [0, 0.05) is 35.6 Å². The summed E-state index contributed by atoms with van der Waals surface area (Å²) in [7, 11) is 0. The first-order chi connectivity index (χ1) is 10.3. The molecule has 5 nitrogen and oxygen atoms in total. The van der Waals surface area contributed by atoms with Crippen molar-refractivity contribution in [1.82, 2.24) is 4.98 Å². The van der Waals surface area contributed by atoms with Gasteiger partial charge in [0.2, 0.25) is 0 Å². The van der Waals surface area contributed by atoms with Crippen LogP contribution in [0.3, 0.4) is 0 Å². The molecule has 2 aromatic rings. The number of nitro groups is 1. The Balaban J connectivity index is 1.95. The van der Waals surface area contributed by atoms with E-state index in [9.17, 15) is 10.1 Å². The molecule has 0 aliphatic heterocycles. The van der Waals surface area contributed by atoms with Gasteiger partial charge in [-0.2, -0.15) is 0 Å². The minimum absolute atomic E-state index is 0.138. The van der Waals surface area contributed by atoms with Crippen LogP contribution in [0, 0.1) is 10.1 Å². The van der Waals surface area contributed by atoms with Crippen molar-refractivity contribution < 1.29 is 4.92 Å². The van der Waals surface area contributed by atoms with E-state index in [0.717, 1.165) is 11.1 Å². The quantitative estimate of drug-likeness (QED) is 0.519. The van der Waals surface area contributed by atoms with Crippen LogP contribution in [0.15, 0.2) is 30.6 Å². The largest absolute Gasteiger partial charge is 0.382 e. The summed E-state index contributed by atoms with van der Waals surface area (Å²) in [6, 6.07) is 5.57. The van der Waals surface area contributed by atoms with Gasteiger partial charge in [0.15, 0.2) is 0 Å². The van der Waals surface area contributed by atoms with Crippen molar-refractivity contribution in [1.29, 1.82) is 0 Å². The molecule has 0 bridgehead atoms. The summed E-state index contributed by atoms with van der Waals surface area (Å²) in [5.41, 5.74) is 1.09. The Bertz CT molecular complexity index is 649. The number of nitrogens with one attached hydrogen (secondary N) is 1. The van der Waals surface area contributed by atoms with Crippen molar-refractivity contribution in [3.8, 4) is 0 Å². The van der Waals surface area contributed by atoms with Crippen LogP contribution in [0.1, 0.15) is 38.5 Å². The van der Waals surface area contributed by atoms with E-state index in [-0.39, 0.29) is 10.6 Å². The summed E-state index contributed by atoms with van der Waals surface area (Å²) < 4.78 is 0. The number of nitrogens with zero attached hydrogens (tertiary/aromatic N) is 2. The third kappa shape index (κ3) is 2.96. The lowest BCUT2D eigenvalue weighted by Gasteiger charge is -2.19. The first-order valence-electron chi connectivity index (χ1n) is 7.53. The fourth-order valence-electron chi connectivity index (χ4n) is 3.10. The lowest BCUT2D eigenvalue weighted by atomic mass is 10.1. The Morgan fingerprint density at radius 3 is 2.57 bits per heavy atom. The van der Waals surface area contributed by atoms with Crippen molar-refractivity contribution >= 4 is 22.1 Å². The fourth-order valence-corrected chi connectivity index (χ4v) is 3.10. The molecular formula is C16H19N3O2. The highest BCUT2D eigenvalue weighted by Crippen LogP contribution is 2.32. The number of hydrogen-bond donors (Lipinski definition) is 1. The fraction of sp³-hybridized carbons (Fsp3) is 0.438. The van der Waals surface area contributed by atoms with Crippen LogP contribution < -0.4 is 5.32 Å². The van der Waals surface area contributed by atoms with E-state index in [1.807, 2.05) is 6.07 Å². The SMILES string of the molecule is O=[N+]([O-])c1ccc(NC2CCCCCC2)c2cnccc12. The summed E-state index contributed by atoms with van der Waals surface area (Å²) >= 11 is 0. The summed E-state index contributed by atoms with van der Waals surface area (Å²) in [6.45, 7) is 0. The molecule has 0 saturated heterocycles. The van der Waals surface area contributed by atoms with Crippen LogP contribution in [-0.2, 0) is 0 Å². The zero-order chi connectivity index (χ0) is 14.7. The first kappa shape index (κ1) is 13.8. The Morgan fingerprint density at radius 2 is 1.86 bits per heavy atom. The summed E-state index contributed by atoms with van der Waals surface area (Å²) in [5.74, 6) is 0. The lowest BCUT2D eigenvalue weighted by Crippen LogP contribution is -2.18. The standard InChI is InChI=1S/C16H19N3O2/c20-19(21)16-8-7-15(14-11-17-10-9-13(14)16)18-12-5-3-1-2-4-6-12/h7-12,18H,1-6H2. The third-order valence-electron chi connectivity index (χ3n) is 4.21. The maximum absolute atomic E-state index is 11.1. The predicted molar refractivity (Wildman–Crippen MR) is 83.5 cm³/mol. The molecule has 1 heterocycles. The monoisotopic (exact) mass is 285 g/mol. The molecule has 0 unspecified atom stereocenters. The molecule has 0 atom stereocenters. The van der Waals surface area contributed by atoms with Gasteiger partial charge in [-0.1, -0.05) is 25.7 Å². The number of non-ortho nitro benzene ring substituents is 1. The molecule has 3 rings (SSSR count). The molecule has 1 aromatic carbocycles. The molecule has 1 N–H and O–H groups in total. The van der Waals surface area contributed by atoms with Crippen LogP contribution in [0.25, 0.3) is 10.8 Å². The van der Waals surface area contributed by atoms with Crippen molar-refractivity contribution in [3.63, 3.8) is 0 Å². The second-order valence-electron chi connectivity index (χ2n) is 5.64. The van der Waals surface area contributed by atoms with Gasteiger partial charge in [-0.25, -0.2) is 0 Å². The van der Waals surface area contributed by atoms with E-state index in [1.54, 1.807) is 24.5 Å². The predicted octanol–water partition coefficient (Wildman–Crippen LogP) is 4.28. The summed E-state index contributed by atoms with van der Waals surface area (Å²) in [6.07, 6.45) is 10.8. The van der Waals surface area contributed by atoms with Crippen molar-refractivity contribution in [2.45, 2.75) is 44.6 Å². The molecule has 1 aliphatic carbocycles. The van der Waals surface area contributed by atoms with Crippen LogP contribution >= 0.6 is 0 Å². The molecule has 1 saturated carbocycles. The maximum atomic E-state index is 11.1. The third-order valence-corrected chi connectivity index (χ3v) is 4.21. The molecular weight excluding hydrogens is 266 g/mol. The lowest BCUT2D eigenvalue weighted by molar-refractivity contribution is -0.383. The maximum Gasteiger partial charge on any atom is 0.277 e.